The molecule has 1 heterocycles. The van der Waals surface area contributed by atoms with Gasteiger partial charge in [-0.3, -0.25) is 0 Å². The van der Waals surface area contributed by atoms with Crippen molar-refractivity contribution in [2.24, 2.45) is 0 Å². The van der Waals surface area contributed by atoms with Crippen molar-refractivity contribution in [1.82, 2.24) is 0 Å². The lowest BCUT2D eigenvalue weighted by molar-refractivity contribution is -0.457. The Kier molecular flexibility index (Phi) is 5.95. The van der Waals surface area contributed by atoms with E-state index in [9.17, 15) is 10.2 Å². The number of fused-ring (bicyclic) bond motifs is 1. The predicted octanol–water partition coefficient (Wildman–Crippen LogP) is -6.55. The summed E-state index contributed by atoms with van der Waals surface area (Å²) in [4.78, 5) is 3.36. The zero-order valence-corrected chi connectivity index (χ0v) is 14.4. The summed E-state index contributed by atoms with van der Waals surface area (Å²) in [6.45, 7) is 0.806. The fourth-order valence-electron chi connectivity index (χ4n) is 2.48. The van der Waals surface area contributed by atoms with Crippen LogP contribution in [0, 0.1) is 0 Å². The molecule has 6 heteroatoms. The van der Waals surface area contributed by atoms with Gasteiger partial charge in [0.15, 0.2) is 11.5 Å². The number of aromatic hydroxyl groups is 2. The average molecular weight is 416 g/mol. The number of halogens is 2. The predicted molar refractivity (Wildman–Crippen MR) is 71.5 cm³/mol. The van der Waals surface area contributed by atoms with Crippen LogP contribution in [0.3, 0.4) is 0 Å². The maximum absolute atomic E-state index is 9.70. The minimum atomic E-state index is -0.0958. The minimum Gasteiger partial charge on any atom is -1.00 e. The Bertz CT molecular complexity index is 687. The molecule has 2 aromatic carbocycles. The number of nitrogens with one attached hydrogen (secondary N) is 1. The number of hydrogen-bond acceptors (Lipinski definition) is 2. The van der Waals surface area contributed by atoms with Crippen LogP contribution in [0.25, 0.3) is 0 Å². The SMILES string of the molecule is [Br-].[Br-].[NH3+]c1ccccc1C1=[NH+]CCc2cc(O)c(O)cc21. The molecule has 112 valence electrons. The highest BCUT2D eigenvalue weighted by Gasteiger charge is 2.25. The molecule has 0 saturated carbocycles. The van der Waals surface area contributed by atoms with E-state index >= 15 is 0 Å². The average Bonchev–Trinajstić information content (AvgIpc) is 2.40. The van der Waals surface area contributed by atoms with Crippen molar-refractivity contribution in [3.63, 3.8) is 0 Å². The summed E-state index contributed by atoms with van der Waals surface area (Å²) >= 11 is 0. The molecule has 0 amide bonds. The zero-order chi connectivity index (χ0) is 13.4. The number of rotatable bonds is 1. The van der Waals surface area contributed by atoms with E-state index in [2.05, 4.69) is 10.7 Å². The molecule has 2 aromatic rings. The molecule has 0 unspecified atom stereocenters. The largest absolute Gasteiger partial charge is 1.00 e. The molecule has 1 aliphatic heterocycles. The standard InChI is InChI=1S/C15H14N2O2.2BrH/c16-12-4-2-1-3-10(12)15-11-8-14(19)13(18)7-9(11)5-6-17-15;;/h1-4,7-8,18-19H,5-6,16H2;2*1H. The van der Waals surface area contributed by atoms with Crippen molar-refractivity contribution < 1.29 is 54.9 Å². The number of phenols is 2. The molecule has 0 aromatic heterocycles. The molecular formula is C15H16Br2N2O2. The van der Waals surface area contributed by atoms with Gasteiger partial charge in [-0.15, -0.1) is 0 Å². The van der Waals surface area contributed by atoms with Crippen LogP contribution in [-0.4, -0.2) is 22.5 Å². The summed E-state index contributed by atoms with van der Waals surface area (Å²) in [6, 6.07) is 11.1. The summed E-state index contributed by atoms with van der Waals surface area (Å²) in [5.74, 6) is -0.163. The first kappa shape index (κ1) is 17.7. The van der Waals surface area contributed by atoms with Crippen LogP contribution in [-0.2, 0) is 6.42 Å². The highest BCUT2D eigenvalue weighted by molar-refractivity contribution is 6.12. The van der Waals surface area contributed by atoms with E-state index in [1.165, 1.54) is 0 Å². The van der Waals surface area contributed by atoms with E-state index < -0.39 is 0 Å². The van der Waals surface area contributed by atoms with Gasteiger partial charge < -0.3 is 49.9 Å². The van der Waals surface area contributed by atoms with Crippen molar-refractivity contribution in [2.45, 2.75) is 6.42 Å². The molecule has 0 bridgehead atoms. The van der Waals surface area contributed by atoms with Crippen LogP contribution < -0.4 is 44.7 Å². The van der Waals surface area contributed by atoms with Crippen LogP contribution >= 0.6 is 0 Å². The molecule has 4 nitrogen and oxygen atoms in total. The van der Waals surface area contributed by atoms with E-state index in [0.717, 1.165) is 41.1 Å². The van der Waals surface area contributed by atoms with Gasteiger partial charge >= 0.3 is 0 Å². The summed E-state index contributed by atoms with van der Waals surface area (Å²) in [5, 5.41) is 19.3. The van der Waals surface area contributed by atoms with Gasteiger partial charge in [0.25, 0.3) is 0 Å². The van der Waals surface area contributed by atoms with Crippen molar-refractivity contribution >= 4 is 11.4 Å². The van der Waals surface area contributed by atoms with Gasteiger partial charge in [-0.25, -0.2) is 4.99 Å². The van der Waals surface area contributed by atoms with Gasteiger partial charge in [0.1, 0.15) is 17.8 Å². The second-order valence-corrected chi connectivity index (χ2v) is 4.71. The third kappa shape index (κ3) is 3.28. The molecular weight excluding hydrogens is 400 g/mol. The fraction of sp³-hybridized carbons (Fsp3) is 0.133. The highest BCUT2D eigenvalue weighted by atomic mass is 79.9. The van der Waals surface area contributed by atoms with Crippen LogP contribution in [0.15, 0.2) is 36.4 Å². The van der Waals surface area contributed by atoms with Crippen molar-refractivity contribution in [3.8, 4) is 11.5 Å². The van der Waals surface area contributed by atoms with E-state index in [4.69, 9.17) is 0 Å². The monoisotopic (exact) mass is 414 g/mol. The van der Waals surface area contributed by atoms with Crippen LogP contribution in [0.4, 0.5) is 5.69 Å². The van der Waals surface area contributed by atoms with Crippen molar-refractivity contribution in [1.29, 1.82) is 0 Å². The fourth-order valence-corrected chi connectivity index (χ4v) is 2.48. The summed E-state index contributed by atoms with van der Waals surface area (Å²) < 4.78 is 0. The Morgan fingerprint density at radius 2 is 1.62 bits per heavy atom. The van der Waals surface area contributed by atoms with Gasteiger partial charge in [0, 0.05) is 6.42 Å². The first-order valence-corrected chi connectivity index (χ1v) is 6.24. The highest BCUT2D eigenvalue weighted by Crippen LogP contribution is 2.30. The maximum Gasteiger partial charge on any atom is 0.219 e. The second kappa shape index (κ2) is 7.06. The number of hydrogen-bond donors (Lipinski definition) is 4. The van der Waals surface area contributed by atoms with E-state index in [0.29, 0.717) is 0 Å². The molecule has 0 radical (unpaired) electrons. The molecule has 0 saturated heterocycles. The lowest BCUT2D eigenvalue weighted by Crippen LogP contribution is -3.00. The second-order valence-electron chi connectivity index (χ2n) is 4.71. The Hall–Kier alpha value is -1.37. The first-order chi connectivity index (χ1) is 9.16. The van der Waals surface area contributed by atoms with Crippen LogP contribution in [0.1, 0.15) is 16.7 Å². The number of quaternary nitrogens is 1. The van der Waals surface area contributed by atoms with E-state index in [1.54, 1.807) is 12.1 Å². The zero-order valence-electron chi connectivity index (χ0n) is 11.2. The van der Waals surface area contributed by atoms with Crippen LogP contribution in [0.5, 0.6) is 11.5 Å². The molecule has 1 aliphatic rings. The summed E-state index contributed by atoms with van der Waals surface area (Å²) in [5.41, 5.74) is 8.92. The third-order valence-corrected chi connectivity index (χ3v) is 3.45. The Morgan fingerprint density at radius 3 is 2.33 bits per heavy atom. The molecule has 0 atom stereocenters. The van der Waals surface area contributed by atoms with Gasteiger partial charge in [-0.1, -0.05) is 12.1 Å². The molecule has 0 aliphatic carbocycles. The van der Waals surface area contributed by atoms with Crippen LogP contribution in [0.2, 0.25) is 0 Å². The molecule has 3 rings (SSSR count). The number of phenolic OH excluding ortho intramolecular Hbond substituents is 2. The summed E-state index contributed by atoms with van der Waals surface area (Å²) in [7, 11) is 0. The van der Waals surface area contributed by atoms with Gasteiger partial charge in [-0.05, 0) is 29.8 Å². The number of benzene rings is 2. The lowest BCUT2D eigenvalue weighted by atomic mass is 9.92. The summed E-state index contributed by atoms with van der Waals surface area (Å²) in [6.07, 6.45) is 0.825. The first-order valence-electron chi connectivity index (χ1n) is 6.24. The lowest BCUT2D eigenvalue weighted by Gasteiger charge is -2.13. The Balaban J connectivity index is 0.00000110. The topological polar surface area (TPSA) is 82.1 Å². The molecule has 21 heavy (non-hydrogen) atoms. The van der Waals surface area contributed by atoms with E-state index in [-0.39, 0.29) is 45.5 Å². The molecule has 6 N–H and O–H groups in total. The Labute approximate surface area is 143 Å². The minimum absolute atomic E-state index is 0. The maximum atomic E-state index is 9.70. The molecule has 0 spiro atoms. The van der Waals surface area contributed by atoms with Gasteiger partial charge in [-0.2, -0.15) is 0 Å². The Morgan fingerprint density at radius 1 is 0.952 bits per heavy atom. The van der Waals surface area contributed by atoms with Gasteiger partial charge in [0.05, 0.1) is 5.56 Å². The smallest absolute Gasteiger partial charge is 0.219 e. The van der Waals surface area contributed by atoms with E-state index in [1.807, 2.05) is 24.3 Å². The van der Waals surface area contributed by atoms with Crippen molar-refractivity contribution in [3.05, 3.63) is 53.1 Å². The normalized spacial score (nSPS) is 12.5. The molecule has 0 fully saturated rings. The van der Waals surface area contributed by atoms with Gasteiger partial charge in [0.2, 0.25) is 5.71 Å². The van der Waals surface area contributed by atoms with Crippen molar-refractivity contribution in [2.75, 3.05) is 6.54 Å². The quantitative estimate of drug-likeness (QED) is 0.349. The third-order valence-electron chi connectivity index (χ3n) is 3.45.